The van der Waals surface area contributed by atoms with E-state index in [9.17, 15) is 32.7 Å². The molecule has 0 saturated carbocycles. The zero-order valence-electron chi connectivity index (χ0n) is 25.6. The van der Waals surface area contributed by atoms with Crippen LogP contribution in [-0.4, -0.2) is 72.3 Å². The molecular weight excluding hydrogens is 674 g/mol. The first-order valence-corrected chi connectivity index (χ1v) is 15.8. The Labute approximate surface area is 280 Å². The number of halogens is 5. The minimum Gasteiger partial charge on any atom is -0.505 e. The lowest BCUT2D eigenvalue weighted by molar-refractivity contribution is -0.137. The van der Waals surface area contributed by atoms with Crippen molar-refractivity contribution in [2.45, 2.75) is 50.0 Å². The van der Waals surface area contributed by atoms with Crippen LogP contribution in [0, 0.1) is 0 Å². The fourth-order valence-corrected chi connectivity index (χ4v) is 7.12. The number of carbonyl (C=O) groups is 2. The summed E-state index contributed by atoms with van der Waals surface area (Å²) in [4.78, 5) is 50.8. The van der Waals surface area contributed by atoms with Crippen molar-refractivity contribution in [3.8, 4) is 5.75 Å². The maximum absolute atomic E-state index is 16.3. The molecule has 12 nitrogen and oxygen atoms in total. The SMILES string of the molecule is O=C(Cn1c2c(c(=O)n3nc(C4=CCOCC4)nc13)C1(CCN(C(=O)c3ncccc3O)CC1)CC2F)Nc1ccc(C(F)(F)F)cc1Cl. The lowest BCUT2D eigenvalue weighted by Gasteiger charge is -2.39. The Morgan fingerprint density at radius 1 is 1.18 bits per heavy atom. The molecule has 0 bridgehead atoms. The van der Waals surface area contributed by atoms with Crippen molar-refractivity contribution >= 4 is 40.5 Å². The summed E-state index contributed by atoms with van der Waals surface area (Å²) >= 11 is 6.07. The summed E-state index contributed by atoms with van der Waals surface area (Å²) in [5, 5.41) is 16.8. The van der Waals surface area contributed by atoms with Gasteiger partial charge in [0.2, 0.25) is 11.7 Å². The molecule has 4 aromatic rings. The summed E-state index contributed by atoms with van der Waals surface area (Å²) in [5.41, 5.74) is -2.03. The van der Waals surface area contributed by atoms with Crippen LogP contribution in [0.1, 0.15) is 65.0 Å². The first-order chi connectivity index (χ1) is 23.4. The molecule has 1 unspecified atom stereocenters. The second-order valence-electron chi connectivity index (χ2n) is 12.2. The number of rotatable bonds is 5. The van der Waals surface area contributed by atoms with Crippen LogP contribution < -0.4 is 10.9 Å². The standard InChI is InChI=1S/C32H28ClF4N7O5/c33-19-14-18(32(35,36)37)3-4-21(19)39-23(46)16-43-26-20(34)15-31(7-10-42(11-8-31)29(48)25-22(45)2-1-9-38-25)24(26)28(47)44-30(43)40-27(41-44)17-5-12-49-13-6-17/h1-5,9,14,20,45H,6-8,10-13,15-16H2,(H,39,46). The van der Waals surface area contributed by atoms with Crippen molar-refractivity contribution < 1.29 is 37.0 Å². The number of alkyl halides is 4. The number of aromatic hydroxyl groups is 1. The molecule has 256 valence electrons. The Kier molecular flexibility index (Phi) is 8.17. The third kappa shape index (κ3) is 5.82. The maximum Gasteiger partial charge on any atom is 0.416 e. The van der Waals surface area contributed by atoms with Crippen molar-refractivity contribution in [1.29, 1.82) is 0 Å². The number of amides is 2. The molecule has 1 saturated heterocycles. The van der Waals surface area contributed by atoms with Crippen molar-refractivity contribution in [2.24, 2.45) is 0 Å². The van der Waals surface area contributed by atoms with Crippen LogP contribution >= 0.6 is 11.6 Å². The minimum atomic E-state index is -4.64. The molecule has 1 atom stereocenters. The van der Waals surface area contributed by atoms with E-state index >= 15 is 4.39 Å². The molecule has 1 spiro atoms. The molecule has 2 amide bonds. The number of hydrogen-bond acceptors (Lipinski definition) is 8. The number of anilines is 1. The Morgan fingerprint density at radius 3 is 2.63 bits per heavy atom. The Hall–Kier alpha value is -4.83. The Balaban J connectivity index is 1.26. The van der Waals surface area contributed by atoms with Gasteiger partial charge in [-0.1, -0.05) is 17.7 Å². The number of piperidine rings is 1. The molecule has 49 heavy (non-hydrogen) atoms. The summed E-state index contributed by atoms with van der Waals surface area (Å²) < 4.78 is 63.5. The smallest absolute Gasteiger partial charge is 0.416 e. The highest BCUT2D eigenvalue weighted by Gasteiger charge is 2.51. The van der Waals surface area contributed by atoms with E-state index < -0.39 is 47.2 Å². The summed E-state index contributed by atoms with van der Waals surface area (Å²) in [6.45, 7) is 0.425. The van der Waals surface area contributed by atoms with Gasteiger partial charge in [0.05, 0.1) is 35.2 Å². The van der Waals surface area contributed by atoms with E-state index in [1.54, 1.807) is 6.08 Å². The van der Waals surface area contributed by atoms with Crippen LogP contribution in [0.15, 0.2) is 47.4 Å². The number of benzene rings is 1. The van der Waals surface area contributed by atoms with Crippen molar-refractivity contribution in [2.75, 3.05) is 31.6 Å². The number of nitrogens with one attached hydrogen (secondary N) is 1. The van der Waals surface area contributed by atoms with Gasteiger partial charge in [-0.05, 0) is 61.6 Å². The molecular formula is C32H28ClF4N7O5. The topological polar surface area (TPSA) is 144 Å². The number of hydrogen-bond donors (Lipinski definition) is 2. The maximum atomic E-state index is 16.3. The van der Waals surface area contributed by atoms with Crippen molar-refractivity contribution in [3.63, 3.8) is 0 Å². The molecule has 3 aliphatic rings. The zero-order chi connectivity index (χ0) is 34.7. The predicted molar refractivity (Wildman–Crippen MR) is 167 cm³/mol. The number of likely N-dealkylation sites (tertiary alicyclic amines) is 1. The summed E-state index contributed by atoms with van der Waals surface area (Å²) in [6, 6.07) is 5.33. The summed E-state index contributed by atoms with van der Waals surface area (Å²) in [6.07, 6.45) is -2.40. The van der Waals surface area contributed by atoms with Crippen LogP contribution in [0.4, 0.5) is 23.2 Å². The van der Waals surface area contributed by atoms with Crippen LogP contribution in [0.5, 0.6) is 5.75 Å². The van der Waals surface area contributed by atoms with Gasteiger partial charge >= 0.3 is 6.18 Å². The summed E-state index contributed by atoms with van der Waals surface area (Å²) in [7, 11) is 0. The number of ether oxygens (including phenoxy) is 1. The largest absolute Gasteiger partial charge is 0.505 e. The molecule has 2 aliphatic heterocycles. The molecule has 2 N–H and O–H groups in total. The quantitative estimate of drug-likeness (QED) is 0.285. The van der Waals surface area contributed by atoms with E-state index in [2.05, 4.69) is 20.4 Å². The number of aromatic nitrogens is 5. The van der Waals surface area contributed by atoms with Gasteiger partial charge in [0.15, 0.2) is 11.5 Å². The third-order valence-electron chi connectivity index (χ3n) is 9.30. The fourth-order valence-electron chi connectivity index (χ4n) is 6.89. The third-order valence-corrected chi connectivity index (χ3v) is 9.61. The predicted octanol–water partition coefficient (Wildman–Crippen LogP) is 4.69. The Bertz CT molecular complexity index is 2090. The van der Waals surface area contributed by atoms with Crippen LogP contribution in [-0.2, 0) is 27.7 Å². The Morgan fingerprint density at radius 2 is 1.96 bits per heavy atom. The number of carbonyl (C=O) groups excluding carboxylic acids is 2. The van der Waals surface area contributed by atoms with Crippen molar-refractivity contribution in [3.05, 3.63) is 86.3 Å². The second kappa shape index (κ2) is 12.2. The second-order valence-corrected chi connectivity index (χ2v) is 12.6. The lowest BCUT2D eigenvalue weighted by atomic mass is 9.74. The summed E-state index contributed by atoms with van der Waals surface area (Å²) in [5.74, 6) is -1.40. The van der Waals surface area contributed by atoms with E-state index in [-0.39, 0.29) is 77.4 Å². The van der Waals surface area contributed by atoms with Gasteiger partial charge in [-0.25, -0.2) is 9.37 Å². The lowest BCUT2D eigenvalue weighted by Crippen LogP contribution is -2.46. The number of nitrogens with zero attached hydrogens (tertiary/aromatic N) is 6. The van der Waals surface area contributed by atoms with Gasteiger partial charge in [-0.15, -0.1) is 5.10 Å². The van der Waals surface area contributed by atoms with Gasteiger partial charge in [-0.2, -0.15) is 22.7 Å². The average Bonchev–Trinajstić information content (AvgIpc) is 3.64. The zero-order valence-corrected chi connectivity index (χ0v) is 26.4. The highest BCUT2D eigenvalue weighted by atomic mass is 35.5. The van der Waals surface area contributed by atoms with Crippen LogP contribution in [0.25, 0.3) is 11.4 Å². The minimum absolute atomic E-state index is 0.0479. The van der Waals surface area contributed by atoms with Crippen LogP contribution in [0.2, 0.25) is 5.02 Å². The van der Waals surface area contributed by atoms with E-state index in [1.807, 2.05) is 0 Å². The van der Waals surface area contributed by atoms with Gasteiger partial charge in [0, 0.05) is 30.3 Å². The van der Waals surface area contributed by atoms with E-state index in [0.717, 1.165) is 16.6 Å². The van der Waals surface area contributed by atoms with Gasteiger partial charge in [-0.3, -0.25) is 14.4 Å². The first kappa shape index (κ1) is 32.7. The molecule has 1 aromatic carbocycles. The average molecular weight is 702 g/mol. The molecule has 17 heteroatoms. The molecule has 5 heterocycles. The highest BCUT2D eigenvalue weighted by molar-refractivity contribution is 6.33. The first-order valence-electron chi connectivity index (χ1n) is 15.4. The monoisotopic (exact) mass is 701 g/mol. The van der Waals surface area contributed by atoms with Gasteiger partial charge < -0.3 is 24.6 Å². The molecule has 1 fully saturated rings. The molecule has 0 radical (unpaired) electrons. The molecule has 3 aromatic heterocycles. The highest BCUT2D eigenvalue weighted by Crippen LogP contribution is 2.51. The normalized spacial score (nSPS) is 18.8. The van der Waals surface area contributed by atoms with Crippen LogP contribution in [0.3, 0.4) is 0 Å². The molecule has 7 rings (SSSR count). The molecule has 1 aliphatic carbocycles. The van der Waals surface area contributed by atoms with E-state index in [4.69, 9.17) is 16.3 Å². The van der Waals surface area contributed by atoms with Gasteiger partial charge in [0.25, 0.3) is 11.5 Å². The van der Waals surface area contributed by atoms with Crippen molar-refractivity contribution in [1.82, 2.24) is 29.0 Å². The fraction of sp³-hybridized carbons (Fsp3) is 0.375. The van der Waals surface area contributed by atoms with E-state index in [0.29, 0.717) is 31.3 Å². The number of pyridine rings is 1. The van der Waals surface area contributed by atoms with E-state index in [1.165, 1.54) is 27.8 Å². The number of fused-ring (bicyclic) bond motifs is 3. The van der Waals surface area contributed by atoms with Gasteiger partial charge in [0.1, 0.15) is 18.5 Å².